The third-order valence-electron chi connectivity index (χ3n) is 1.70. The zero-order chi connectivity index (χ0) is 16.5. The van der Waals surface area contributed by atoms with E-state index >= 15 is 0 Å². The Balaban J connectivity index is 0. The van der Waals surface area contributed by atoms with E-state index in [1.165, 1.54) is 5.54 Å². The predicted octanol–water partition coefficient (Wildman–Crippen LogP) is 4.72. The molecule has 0 aliphatic rings. The van der Waals surface area contributed by atoms with Crippen LogP contribution in [0.4, 0.5) is 0 Å². The van der Waals surface area contributed by atoms with E-state index in [0.717, 1.165) is 11.6 Å². The van der Waals surface area contributed by atoms with E-state index in [-0.39, 0.29) is 5.97 Å². The molecule has 0 heterocycles. The van der Waals surface area contributed by atoms with Crippen molar-refractivity contribution >= 4 is 23.6 Å². The molecule has 1 rings (SSSR count). The number of esters is 1. The van der Waals surface area contributed by atoms with E-state index < -0.39 is 0 Å². The second-order valence-corrected chi connectivity index (χ2v) is 3.80. The Morgan fingerprint density at radius 3 is 2.24 bits per heavy atom. The average molecular weight is 306 g/mol. The summed E-state index contributed by atoms with van der Waals surface area (Å²) in [7, 11) is 0. The summed E-state index contributed by atoms with van der Waals surface area (Å²) in [6.07, 6.45) is 2.99. The lowest BCUT2D eigenvalue weighted by Gasteiger charge is -1.90. The van der Waals surface area contributed by atoms with E-state index in [1.54, 1.807) is 13.8 Å². The maximum Gasteiger partial charge on any atom is 0.330 e. The molecule has 0 N–H and O–H groups in total. The van der Waals surface area contributed by atoms with Crippen molar-refractivity contribution in [3.63, 3.8) is 0 Å². The van der Waals surface area contributed by atoms with Crippen LogP contribution < -0.4 is 0 Å². The zero-order valence-corrected chi connectivity index (χ0v) is 13.1. The molecule has 21 heavy (non-hydrogen) atoms. The molecule has 1 aromatic rings. The summed E-state index contributed by atoms with van der Waals surface area (Å²) in [6.45, 7) is 10.4. The fourth-order valence-corrected chi connectivity index (χ4v) is 0.984. The van der Waals surface area contributed by atoms with E-state index in [0.29, 0.717) is 12.2 Å². The highest BCUT2D eigenvalue weighted by Gasteiger charge is 1.86. The molecule has 1 aromatic carbocycles. The number of carbonyl (C=O) groups is 1. The Bertz CT molecular complexity index is 487. The maximum absolute atomic E-state index is 10.1. The van der Waals surface area contributed by atoms with Gasteiger partial charge < -0.3 is 4.74 Å². The molecule has 0 radical (unpaired) electrons. The number of rotatable bonds is 3. The van der Waals surface area contributed by atoms with E-state index in [1.807, 2.05) is 42.5 Å². The number of hydrogen-bond acceptors (Lipinski definition) is 3. The van der Waals surface area contributed by atoms with Gasteiger partial charge in [-0.15, -0.1) is 0 Å². The van der Waals surface area contributed by atoms with Crippen LogP contribution in [0.2, 0.25) is 0 Å². The molecule has 0 saturated heterocycles. The second kappa shape index (κ2) is 15.7. The first-order valence-corrected chi connectivity index (χ1v) is 6.62. The molecule has 0 saturated carbocycles. The van der Waals surface area contributed by atoms with Gasteiger partial charge in [-0.2, -0.15) is 5.26 Å². The van der Waals surface area contributed by atoms with Crippen LogP contribution in [0.1, 0.15) is 19.4 Å². The van der Waals surface area contributed by atoms with Crippen molar-refractivity contribution in [1.82, 2.24) is 0 Å². The van der Waals surface area contributed by atoms with Crippen LogP contribution in [-0.4, -0.2) is 12.6 Å². The zero-order valence-electron chi connectivity index (χ0n) is 12.4. The molecule has 0 aliphatic heterocycles. The van der Waals surface area contributed by atoms with Crippen LogP contribution in [0.25, 0.3) is 6.08 Å². The van der Waals surface area contributed by atoms with Gasteiger partial charge in [0.15, 0.2) is 0 Å². The first-order valence-electron chi connectivity index (χ1n) is 6.18. The van der Waals surface area contributed by atoms with Gasteiger partial charge in [-0.3, -0.25) is 0 Å². The van der Waals surface area contributed by atoms with Gasteiger partial charge in [0.1, 0.15) is 0 Å². The fraction of sp³-hybridized carbons (Fsp3) is 0.176. The molecule has 0 amide bonds. The lowest BCUT2D eigenvalue weighted by molar-refractivity contribution is -0.137. The van der Waals surface area contributed by atoms with Crippen molar-refractivity contribution in [3.05, 3.63) is 66.2 Å². The summed E-state index contributed by atoms with van der Waals surface area (Å²) in [4.78, 5) is 10.1. The van der Waals surface area contributed by atoms with Gasteiger partial charge in [0.25, 0.3) is 0 Å². The van der Waals surface area contributed by atoms with Gasteiger partial charge in [-0.05, 0) is 25.5 Å². The van der Waals surface area contributed by atoms with Crippen molar-refractivity contribution in [1.29, 1.82) is 5.26 Å². The number of ether oxygens (including phenoxy) is 1. The average Bonchev–Trinajstić information content (AvgIpc) is 2.50. The molecule has 3 nitrogen and oxygen atoms in total. The van der Waals surface area contributed by atoms with Crippen LogP contribution in [0.3, 0.4) is 0 Å². The highest BCUT2D eigenvalue weighted by molar-refractivity contribution is 6.27. The first-order chi connectivity index (χ1) is 10.0. The third-order valence-corrected chi connectivity index (χ3v) is 1.83. The molecule has 0 bridgehead atoms. The standard InChI is InChI=1S/C8H7Cl.C5H8O2.C4H5N/c9-7-6-8-4-2-1-3-5-8;1-3-5(6)7-4-2;1-4(2)3-5/h1-7H;3H,1,4H2,2H3;1H2,2H3. The Hall–Kier alpha value is -2.31. The quantitative estimate of drug-likeness (QED) is 0.461. The number of nitrogens with zero attached hydrogens (tertiary/aromatic N) is 1. The summed E-state index contributed by atoms with van der Waals surface area (Å²) < 4.78 is 4.43. The molecule has 0 spiro atoms. The molecule has 4 heteroatoms. The van der Waals surface area contributed by atoms with Gasteiger partial charge in [0, 0.05) is 17.2 Å². The van der Waals surface area contributed by atoms with E-state index in [9.17, 15) is 4.79 Å². The largest absolute Gasteiger partial charge is 0.463 e. The van der Waals surface area contributed by atoms with Crippen LogP contribution in [0, 0.1) is 11.3 Å². The first kappa shape index (κ1) is 21.0. The van der Waals surface area contributed by atoms with Crippen molar-refractivity contribution in [3.8, 4) is 6.07 Å². The molecular weight excluding hydrogens is 286 g/mol. The normalized spacial score (nSPS) is 8.29. The van der Waals surface area contributed by atoms with Gasteiger partial charge in [-0.25, -0.2) is 4.79 Å². The highest BCUT2D eigenvalue weighted by Crippen LogP contribution is 2.00. The Labute approximate surface area is 131 Å². The van der Waals surface area contributed by atoms with Crippen molar-refractivity contribution in [2.45, 2.75) is 13.8 Å². The third kappa shape index (κ3) is 17.7. The van der Waals surface area contributed by atoms with Crippen molar-refractivity contribution in [2.75, 3.05) is 6.61 Å². The van der Waals surface area contributed by atoms with E-state index in [4.69, 9.17) is 16.9 Å². The van der Waals surface area contributed by atoms with Crippen LogP contribution in [0.5, 0.6) is 0 Å². The molecule has 0 aliphatic carbocycles. The van der Waals surface area contributed by atoms with Gasteiger partial charge >= 0.3 is 5.97 Å². The van der Waals surface area contributed by atoms with Gasteiger partial charge in [0.05, 0.1) is 12.7 Å². The number of allylic oxidation sites excluding steroid dienone is 1. The van der Waals surface area contributed by atoms with Gasteiger partial charge in [-0.1, -0.05) is 55.1 Å². The highest BCUT2D eigenvalue weighted by atomic mass is 35.5. The Morgan fingerprint density at radius 1 is 1.43 bits per heavy atom. The summed E-state index contributed by atoms with van der Waals surface area (Å²) in [6, 6.07) is 11.8. The second-order valence-electron chi connectivity index (χ2n) is 3.55. The molecular formula is C17H20ClNO2. The smallest absolute Gasteiger partial charge is 0.330 e. The van der Waals surface area contributed by atoms with Crippen molar-refractivity contribution < 1.29 is 9.53 Å². The molecule has 0 fully saturated rings. The summed E-state index contributed by atoms with van der Waals surface area (Å²) >= 11 is 5.36. The SMILES string of the molecule is C=C(C)C#N.C=CC(=O)OCC.ClC=Cc1ccccc1. The van der Waals surface area contributed by atoms with Crippen LogP contribution in [-0.2, 0) is 9.53 Å². The molecule has 0 unspecified atom stereocenters. The van der Waals surface area contributed by atoms with Crippen LogP contribution >= 0.6 is 11.6 Å². The fourth-order valence-electron chi connectivity index (χ4n) is 0.838. The summed E-state index contributed by atoms with van der Waals surface area (Å²) in [5, 5.41) is 7.79. The summed E-state index contributed by atoms with van der Waals surface area (Å²) in [5.41, 5.74) is 3.20. The maximum atomic E-state index is 10.1. The Morgan fingerprint density at radius 2 is 1.95 bits per heavy atom. The van der Waals surface area contributed by atoms with E-state index in [2.05, 4.69) is 17.9 Å². The van der Waals surface area contributed by atoms with Crippen molar-refractivity contribution in [2.24, 2.45) is 0 Å². The minimum absolute atomic E-state index is 0.359. The minimum Gasteiger partial charge on any atom is -0.463 e. The lowest BCUT2D eigenvalue weighted by atomic mass is 10.2. The van der Waals surface area contributed by atoms with Gasteiger partial charge in [0.2, 0.25) is 0 Å². The number of halogens is 1. The number of carbonyl (C=O) groups excluding carboxylic acids is 1. The molecule has 0 atom stereocenters. The monoisotopic (exact) mass is 305 g/mol. The number of nitriles is 1. The molecule has 112 valence electrons. The Kier molecular flexibility index (Phi) is 15.7. The van der Waals surface area contributed by atoms with Crippen LogP contribution in [0.15, 0.2) is 60.7 Å². The molecule has 0 aromatic heterocycles. The summed E-state index contributed by atoms with van der Waals surface area (Å²) in [5.74, 6) is -0.359. The lowest BCUT2D eigenvalue weighted by Crippen LogP contribution is -1.97. The minimum atomic E-state index is -0.359. The predicted molar refractivity (Wildman–Crippen MR) is 88.6 cm³/mol. The number of hydrogen-bond donors (Lipinski definition) is 0. The number of benzene rings is 1. The topological polar surface area (TPSA) is 50.1 Å².